The maximum atomic E-state index is 5.44. The Morgan fingerprint density at radius 3 is 2.43 bits per heavy atom. The second-order valence-corrected chi connectivity index (χ2v) is 4.32. The molecule has 0 amide bonds. The van der Waals surface area contributed by atoms with Crippen molar-refractivity contribution in [3.05, 3.63) is 24.5 Å². The molecule has 1 fully saturated rings. The molecule has 14 heavy (non-hydrogen) atoms. The molecular formula is C12H19NO. The summed E-state index contributed by atoms with van der Waals surface area (Å²) < 4.78 is 7.74. The minimum atomic E-state index is 0.483. The average molecular weight is 193 g/mol. The summed E-state index contributed by atoms with van der Waals surface area (Å²) in [5.74, 6) is 0. The number of ether oxygens (including phenoxy) is 1. The van der Waals surface area contributed by atoms with E-state index in [9.17, 15) is 0 Å². The summed E-state index contributed by atoms with van der Waals surface area (Å²) in [7, 11) is 0. The molecule has 1 aromatic heterocycles. The standard InChI is InChI=1S/C12H19NO/c1-2-12(5-9-14-10-6-12)11-13-7-3-4-8-13/h3-4,7-8H,2,5-6,9-11H2,1H3. The lowest BCUT2D eigenvalue weighted by atomic mass is 9.78. The van der Waals surface area contributed by atoms with Crippen LogP contribution >= 0.6 is 0 Å². The molecule has 2 nitrogen and oxygen atoms in total. The second kappa shape index (κ2) is 4.18. The molecule has 0 unspecified atom stereocenters. The van der Waals surface area contributed by atoms with Gasteiger partial charge in [0, 0.05) is 32.2 Å². The third kappa shape index (κ3) is 2.01. The fraction of sp³-hybridized carbons (Fsp3) is 0.667. The van der Waals surface area contributed by atoms with E-state index in [1.807, 2.05) is 0 Å². The van der Waals surface area contributed by atoms with E-state index in [1.165, 1.54) is 19.3 Å². The molecule has 0 aliphatic carbocycles. The van der Waals surface area contributed by atoms with Crippen molar-refractivity contribution in [2.24, 2.45) is 5.41 Å². The first-order chi connectivity index (χ1) is 6.85. The van der Waals surface area contributed by atoms with E-state index in [2.05, 4.69) is 36.0 Å². The summed E-state index contributed by atoms with van der Waals surface area (Å²) in [6, 6.07) is 4.20. The highest BCUT2D eigenvalue weighted by atomic mass is 16.5. The SMILES string of the molecule is CCC1(Cn2cccc2)CCOCC1. The lowest BCUT2D eigenvalue weighted by Gasteiger charge is -2.36. The Morgan fingerprint density at radius 1 is 1.21 bits per heavy atom. The van der Waals surface area contributed by atoms with Gasteiger partial charge in [-0.2, -0.15) is 0 Å². The highest BCUT2D eigenvalue weighted by Gasteiger charge is 2.30. The van der Waals surface area contributed by atoms with Crippen LogP contribution in [0.5, 0.6) is 0 Å². The molecule has 1 saturated heterocycles. The molecule has 1 aromatic rings. The topological polar surface area (TPSA) is 14.2 Å². The predicted octanol–water partition coefficient (Wildman–Crippen LogP) is 2.69. The van der Waals surface area contributed by atoms with Gasteiger partial charge in [0.2, 0.25) is 0 Å². The molecule has 1 aliphatic heterocycles. The van der Waals surface area contributed by atoms with Crippen molar-refractivity contribution in [1.82, 2.24) is 4.57 Å². The number of hydrogen-bond donors (Lipinski definition) is 0. The van der Waals surface area contributed by atoms with Crippen LogP contribution in [0.15, 0.2) is 24.5 Å². The molecule has 2 rings (SSSR count). The Labute approximate surface area is 85.9 Å². The highest BCUT2D eigenvalue weighted by molar-refractivity contribution is 4.93. The number of nitrogens with zero attached hydrogens (tertiary/aromatic N) is 1. The zero-order valence-electron chi connectivity index (χ0n) is 8.91. The largest absolute Gasteiger partial charge is 0.381 e. The lowest BCUT2D eigenvalue weighted by Crippen LogP contribution is -2.32. The van der Waals surface area contributed by atoms with Gasteiger partial charge in [0.25, 0.3) is 0 Å². The Bertz CT molecular complexity index is 260. The third-order valence-corrected chi connectivity index (χ3v) is 3.49. The fourth-order valence-corrected chi connectivity index (χ4v) is 2.29. The first kappa shape index (κ1) is 9.78. The molecule has 0 bridgehead atoms. The van der Waals surface area contributed by atoms with Crippen molar-refractivity contribution in [1.29, 1.82) is 0 Å². The zero-order valence-corrected chi connectivity index (χ0v) is 8.91. The molecule has 0 N–H and O–H groups in total. The Kier molecular flexibility index (Phi) is 2.92. The van der Waals surface area contributed by atoms with Crippen molar-refractivity contribution in [3.8, 4) is 0 Å². The molecular weight excluding hydrogens is 174 g/mol. The summed E-state index contributed by atoms with van der Waals surface area (Å²) in [6.45, 7) is 5.33. The normalized spacial score (nSPS) is 20.9. The van der Waals surface area contributed by atoms with Crippen molar-refractivity contribution >= 4 is 0 Å². The van der Waals surface area contributed by atoms with Gasteiger partial charge in [0.1, 0.15) is 0 Å². The Morgan fingerprint density at radius 2 is 1.86 bits per heavy atom. The monoisotopic (exact) mass is 193 g/mol. The van der Waals surface area contributed by atoms with Crippen LogP contribution in [0.2, 0.25) is 0 Å². The number of hydrogen-bond acceptors (Lipinski definition) is 1. The minimum absolute atomic E-state index is 0.483. The Balaban J connectivity index is 2.04. The molecule has 0 spiro atoms. The van der Waals surface area contributed by atoms with Crippen LogP contribution in [0.4, 0.5) is 0 Å². The second-order valence-electron chi connectivity index (χ2n) is 4.32. The molecule has 0 radical (unpaired) electrons. The van der Waals surface area contributed by atoms with Crippen molar-refractivity contribution in [2.45, 2.75) is 32.7 Å². The van der Waals surface area contributed by atoms with E-state index < -0.39 is 0 Å². The Hall–Kier alpha value is -0.760. The van der Waals surface area contributed by atoms with E-state index in [1.54, 1.807) is 0 Å². The van der Waals surface area contributed by atoms with E-state index in [-0.39, 0.29) is 0 Å². The highest BCUT2D eigenvalue weighted by Crippen LogP contribution is 2.35. The van der Waals surface area contributed by atoms with Gasteiger partial charge in [0.15, 0.2) is 0 Å². The van der Waals surface area contributed by atoms with Gasteiger partial charge >= 0.3 is 0 Å². The number of aromatic nitrogens is 1. The van der Waals surface area contributed by atoms with Gasteiger partial charge in [-0.15, -0.1) is 0 Å². The molecule has 2 heterocycles. The van der Waals surface area contributed by atoms with Gasteiger partial charge in [0.05, 0.1) is 0 Å². The smallest absolute Gasteiger partial charge is 0.0472 e. The molecule has 0 atom stereocenters. The summed E-state index contributed by atoms with van der Waals surface area (Å²) in [4.78, 5) is 0. The summed E-state index contributed by atoms with van der Waals surface area (Å²) in [5.41, 5.74) is 0.483. The minimum Gasteiger partial charge on any atom is -0.381 e. The summed E-state index contributed by atoms with van der Waals surface area (Å²) in [6.07, 6.45) is 8.00. The van der Waals surface area contributed by atoms with Crippen LogP contribution in [-0.4, -0.2) is 17.8 Å². The molecule has 0 aromatic carbocycles. The van der Waals surface area contributed by atoms with Crippen LogP contribution in [0.1, 0.15) is 26.2 Å². The first-order valence-corrected chi connectivity index (χ1v) is 5.53. The van der Waals surface area contributed by atoms with Crippen LogP contribution in [0, 0.1) is 5.41 Å². The molecule has 1 aliphatic rings. The van der Waals surface area contributed by atoms with E-state index in [4.69, 9.17) is 4.74 Å². The first-order valence-electron chi connectivity index (χ1n) is 5.53. The van der Waals surface area contributed by atoms with E-state index in [0.717, 1.165) is 19.8 Å². The average Bonchev–Trinajstić information content (AvgIpc) is 2.72. The van der Waals surface area contributed by atoms with Gasteiger partial charge < -0.3 is 9.30 Å². The van der Waals surface area contributed by atoms with Gasteiger partial charge in [-0.1, -0.05) is 6.92 Å². The predicted molar refractivity (Wildman–Crippen MR) is 57.2 cm³/mol. The van der Waals surface area contributed by atoms with Gasteiger partial charge in [-0.25, -0.2) is 0 Å². The molecule has 2 heteroatoms. The van der Waals surface area contributed by atoms with Crippen molar-refractivity contribution in [3.63, 3.8) is 0 Å². The van der Waals surface area contributed by atoms with Crippen molar-refractivity contribution in [2.75, 3.05) is 13.2 Å². The van der Waals surface area contributed by atoms with Gasteiger partial charge in [-0.3, -0.25) is 0 Å². The van der Waals surface area contributed by atoms with E-state index >= 15 is 0 Å². The van der Waals surface area contributed by atoms with Crippen LogP contribution in [-0.2, 0) is 11.3 Å². The maximum absolute atomic E-state index is 5.44. The van der Waals surface area contributed by atoms with Gasteiger partial charge in [-0.05, 0) is 36.8 Å². The quantitative estimate of drug-likeness (QED) is 0.720. The zero-order chi connectivity index (χ0) is 9.86. The van der Waals surface area contributed by atoms with Crippen molar-refractivity contribution < 1.29 is 4.74 Å². The van der Waals surface area contributed by atoms with Crippen LogP contribution < -0.4 is 0 Å². The van der Waals surface area contributed by atoms with E-state index in [0.29, 0.717) is 5.41 Å². The summed E-state index contributed by atoms with van der Waals surface area (Å²) in [5, 5.41) is 0. The third-order valence-electron chi connectivity index (χ3n) is 3.49. The lowest BCUT2D eigenvalue weighted by molar-refractivity contribution is 0.00351. The molecule has 78 valence electrons. The maximum Gasteiger partial charge on any atom is 0.0472 e. The van der Waals surface area contributed by atoms with Crippen LogP contribution in [0.25, 0.3) is 0 Å². The molecule has 0 saturated carbocycles. The fourth-order valence-electron chi connectivity index (χ4n) is 2.29. The van der Waals surface area contributed by atoms with Crippen LogP contribution in [0.3, 0.4) is 0 Å². The summed E-state index contributed by atoms with van der Waals surface area (Å²) >= 11 is 0. The number of rotatable bonds is 3.